The lowest BCUT2D eigenvalue weighted by molar-refractivity contribution is -0.108. The maximum atomic E-state index is 13.9. The Labute approximate surface area is 235 Å². The van der Waals surface area contributed by atoms with Gasteiger partial charge in [0.1, 0.15) is 18.3 Å². The number of aromatic hydroxyl groups is 1. The molecule has 13 heteroatoms. The van der Waals surface area contributed by atoms with E-state index in [1.807, 2.05) is 30.0 Å². The molecule has 0 aliphatic carbocycles. The standard InChI is InChI=1S/C28H30N8O5/c1-3-21-23(33-7-9-34(10-8-33)26(39)22-24(38)17(2)29-16-30-22)27(40)36-28(35(21)11-12-37)31-25(32-36)19-4-5-20-15-41-13-6-18(20)14-19/h4-5,12,14,16,38H,3,6-11,13,15H2,1-2H3. The van der Waals surface area contributed by atoms with Gasteiger partial charge in [0.25, 0.3) is 11.5 Å². The SMILES string of the molecule is CCc1c(N2CCN(C(=O)c3ncnc(C)c3O)CC2)c(=O)n2nc(-c3ccc4c(c3)CCOC4)nc2n1CC=O. The fourth-order valence-electron chi connectivity index (χ4n) is 5.56. The van der Waals surface area contributed by atoms with Crippen LogP contribution in [0.2, 0.25) is 0 Å². The molecule has 5 heterocycles. The predicted molar refractivity (Wildman–Crippen MR) is 148 cm³/mol. The first-order valence-corrected chi connectivity index (χ1v) is 13.6. The summed E-state index contributed by atoms with van der Waals surface area (Å²) in [5.41, 5.74) is 4.17. The number of ether oxygens (including phenoxy) is 1. The number of aldehydes is 1. The number of rotatable bonds is 6. The summed E-state index contributed by atoms with van der Waals surface area (Å²) in [7, 11) is 0. The molecule has 0 spiro atoms. The minimum absolute atomic E-state index is 0.0183. The minimum atomic E-state index is -0.394. The molecule has 1 N–H and O–H groups in total. The van der Waals surface area contributed by atoms with Crippen LogP contribution in [-0.4, -0.2) is 84.1 Å². The zero-order valence-electron chi connectivity index (χ0n) is 22.9. The van der Waals surface area contributed by atoms with Crippen molar-refractivity contribution in [1.82, 2.24) is 34.0 Å². The molecule has 0 atom stereocenters. The van der Waals surface area contributed by atoms with Gasteiger partial charge in [-0.1, -0.05) is 19.1 Å². The molecule has 0 saturated carbocycles. The van der Waals surface area contributed by atoms with Gasteiger partial charge in [-0.15, -0.1) is 5.10 Å². The van der Waals surface area contributed by atoms with Gasteiger partial charge in [-0.2, -0.15) is 9.50 Å². The molecule has 6 rings (SSSR count). The van der Waals surface area contributed by atoms with E-state index in [0.29, 0.717) is 74.5 Å². The van der Waals surface area contributed by atoms with Crippen LogP contribution in [0.5, 0.6) is 5.75 Å². The van der Waals surface area contributed by atoms with E-state index in [1.54, 1.807) is 16.4 Å². The van der Waals surface area contributed by atoms with Gasteiger partial charge < -0.3 is 29.0 Å². The molecule has 2 aliphatic rings. The lowest BCUT2D eigenvalue weighted by Crippen LogP contribution is -2.51. The van der Waals surface area contributed by atoms with Crippen molar-refractivity contribution in [2.75, 3.05) is 37.7 Å². The van der Waals surface area contributed by atoms with Crippen LogP contribution in [-0.2, 0) is 35.5 Å². The molecule has 41 heavy (non-hydrogen) atoms. The molecule has 1 fully saturated rings. The summed E-state index contributed by atoms with van der Waals surface area (Å²) >= 11 is 0. The third-order valence-electron chi connectivity index (χ3n) is 7.75. The van der Waals surface area contributed by atoms with Crippen molar-refractivity contribution >= 4 is 23.7 Å². The zero-order valence-corrected chi connectivity index (χ0v) is 22.9. The zero-order chi connectivity index (χ0) is 28.7. The number of nitrogens with zero attached hydrogens (tertiary/aromatic N) is 8. The van der Waals surface area contributed by atoms with Gasteiger partial charge in [-0.3, -0.25) is 9.59 Å². The Bertz CT molecular complexity index is 1720. The second-order valence-electron chi connectivity index (χ2n) is 10.1. The van der Waals surface area contributed by atoms with E-state index < -0.39 is 5.91 Å². The lowest BCUT2D eigenvalue weighted by Gasteiger charge is -2.36. The van der Waals surface area contributed by atoms with E-state index in [1.165, 1.54) is 16.4 Å². The molecule has 0 bridgehead atoms. The summed E-state index contributed by atoms with van der Waals surface area (Å²) in [5.74, 6) is 0.0899. The van der Waals surface area contributed by atoms with E-state index >= 15 is 0 Å². The Morgan fingerprint density at radius 1 is 1.15 bits per heavy atom. The van der Waals surface area contributed by atoms with E-state index in [2.05, 4.69) is 15.1 Å². The number of carbonyl (C=O) groups excluding carboxylic acids is 2. The second kappa shape index (κ2) is 10.7. The Morgan fingerprint density at radius 2 is 1.95 bits per heavy atom. The van der Waals surface area contributed by atoms with Crippen molar-refractivity contribution in [3.05, 3.63) is 63.1 Å². The quantitative estimate of drug-likeness (QED) is 0.342. The van der Waals surface area contributed by atoms with Gasteiger partial charge in [0.05, 0.1) is 31.1 Å². The molecule has 2 aliphatic heterocycles. The molecule has 0 radical (unpaired) electrons. The number of hydrogen-bond acceptors (Lipinski definition) is 10. The highest BCUT2D eigenvalue weighted by molar-refractivity contribution is 5.95. The number of carbonyl (C=O) groups is 2. The number of benzene rings is 1. The number of hydrogen-bond donors (Lipinski definition) is 1. The van der Waals surface area contributed by atoms with Gasteiger partial charge >= 0.3 is 0 Å². The molecule has 1 saturated heterocycles. The van der Waals surface area contributed by atoms with Gasteiger partial charge in [-0.25, -0.2) is 9.97 Å². The molecule has 13 nitrogen and oxygen atoms in total. The largest absolute Gasteiger partial charge is 0.504 e. The number of amides is 1. The summed E-state index contributed by atoms with van der Waals surface area (Å²) in [6, 6.07) is 5.96. The fraction of sp³-hybridized carbons (Fsp3) is 0.393. The van der Waals surface area contributed by atoms with E-state index in [4.69, 9.17) is 9.72 Å². The maximum Gasteiger partial charge on any atom is 0.299 e. The number of piperazine rings is 1. The average Bonchev–Trinajstić information content (AvgIpc) is 3.45. The number of aromatic nitrogens is 6. The molecule has 212 valence electrons. The van der Waals surface area contributed by atoms with Crippen molar-refractivity contribution in [2.45, 2.75) is 39.8 Å². The highest BCUT2D eigenvalue weighted by Gasteiger charge is 2.30. The molecule has 0 unspecified atom stereocenters. The van der Waals surface area contributed by atoms with E-state index in [-0.39, 0.29) is 23.5 Å². The Kier molecular flexibility index (Phi) is 6.95. The third-order valence-corrected chi connectivity index (χ3v) is 7.75. The highest BCUT2D eigenvalue weighted by atomic mass is 16.5. The molecule has 3 aromatic heterocycles. The maximum absolute atomic E-state index is 13.9. The Morgan fingerprint density at radius 3 is 2.71 bits per heavy atom. The monoisotopic (exact) mass is 558 g/mol. The Balaban J connectivity index is 1.35. The predicted octanol–water partition coefficient (Wildman–Crippen LogP) is 1.16. The van der Waals surface area contributed by atoms with Crippen LogP contribution < -0.4 is 10.5 Å². The van der Waals surface area contributed by atoms with Crippen LogP contribution in [0.15, 0.2) is 29.3 Å². The van der Waals surface area contributed by atoms with Crippen LogP contribution in [0.3, 0.4) is 0 Å². The number of anilines is 1. The van der Waals surface area contributed by atoms with Crippen molar-refractivity contribution in [3.63, 3.8) is 0 Å². The van der Waals surface area contributed by atoms with Crippen molar-refractivity contribution in [3.8, 4) is 17.1 Å². The van der Waals surface area contributed by atoms with E-state index in [9.17, 15) is 19.5 Å². The van der Waals surface area contributed by atoms with Crippen LogP contribution in [0, 0.1) is 6.92 Å². The summed E-state index contributed by atoms with van der Waals surface area (Å²) in [5, 5.41) is 14.9. The first kappa shape index (κ1) is 26.6. The van der Waals surface area contributed by atoms with Gasteiger partial charge in [0.15, 0.2) is 17.3 Å². The lowest BCUT2D eigenvalue weighted by atomic mass is 10.0. The smallest absolute Gasteiger partial charge is 0.299 e. The molecule has 1 amide bonds. The van der Waals surface area contributed by atoms with Gasteiger partial charge in [0.2, 0.25) is 5.78 Å². The minimum Gasteiger partial charge on any atom is -0.504 e. The first-order valence-electron chi connectivity index (χ1n) is 13.6. The highest BCUT2D eigenvalue weighted by Crippen LogP contribution is 2.26. The Hall–Kier alpha value is -4.65. The third kappa shape index (κ3) is 4.61. The second-order valence-corrected chi connectivity index (χ2v) is 10.1. The molecular weight excluding hydrogens is 528 g/mol. The summed E-state index contributed by atoms with van der Waals surface area (Å²) in [6.07, 6.45) is 3.32. The fourth-order valence-corrected chi connectivity index (χ4v) is 5.56. The van der Waals surface area contributed by atoms with Crippen molar-refractivity contribution < 1.29 is 19.4 Å². The molecular formula is C28H30N8O5. The van der Waals surface area contributed by atoms with Crippen LogP contribution in [0.25, 0.3) is 17.2 Å². The summed E-state index contributed by atoms with van der Waals surface area (Å²) in [6.45, 7) is 6.16. The topological polar surface area (TPSA) is 148 Å². The molecule has 1 aromatic carbocycles. The summed E-state index contributed by atoms with van der Waals surface area (Å²) in [4.78, 5) is 54.9. The normalized spacial score (nSPS) is 15.3. The number of aryl methyl sites for hydroxylation is 1. The van der Waals surface area contributed by atoms with Crippen LogP contribution in [0.4, 0.5) is 5.69 Å². The van der Waals surface area contributed by atoms with Gasteiger partial charge in [-0.05, 0) is 37.0 Å². The average molecular weight is 559 g/mol. The first-order chi connectivity index (χ1) is 19.9. The molecule has 4 aromatic rings. The van der Waals surface area contributed by atoms with Gasteiger partial charge in [0, 0.05) is 31.7 Å². The summed E-state index contributed by atoms with van der Waals surface area (Å²) < 4.78 is 8.55. The van der Waals surface area contributed by atoms with E-state index in [0.717, 1.165) is 23.8 Å². The van der Waals surface area contributed by atoms with Crippen molar-refractivity contribution in [1.29, 1.82) is 0 Å². The van der Waals surface area contributed by atoms with Crippen molar-refractivity contribution in [2.24, 2.45) is 0 Å². The van der Waals surface area contributed by atoms with Crippen LogP contribution >= 0.6 is 0 Å². The number of fused-ring (bicyclic) bond motifs is 2. The van der Waals surface area contributed by atoms with Crippen LogP contribution in [0.1, 0.15) is 39.9 Å².